The number of aromatic nitrogens is 5. The Morgan fingerprint density at radius 3 is 2.55 bits per heavy atom. The molecule has 12 heteroatoms. The lowest BCUT2D eigenvalue weighted by Crippen LogP contribution is -2.56. The van der Waals surface area contributed by atoms with E-state index in [0.717, 1.165) is 57.7 Å². The molecule has 2 fully saturated rings. The molecule has 1 atom stereocenters. The second-order valence-electron chi connectivity index (χ2n) is 10.7. The number of pyridine rings is 1. The highest BCUT2D eigenvalue weighted by atomic mass is 19.1. The van der Waals surface area contributed by atoms with Gasteiger partial charge in [-0.1, -0.05) is 6.07 Å². The summed E-state index contributed by atoms with van der Waals surface area (Å²) in [6.45, 7) is 9.46. The fourth-order valence-corrected chi connectivity index (χ4v) is 5.64. The maximum absolute atomic E-state index is 15.1. The quantitative estimate of drug-likeness (QED) is 0.389. The fraction of sp³-hybridized carbons (Fsp3) is 0.429. The number of fused-ring (bicyclic) bond motifs is 3. The van der Waals surface area contributed by atoms with Crippen LogP contribution in [0.2, 0.25) is 0 Å². The molecule has 3 aromatic heterocycles. The van der Waals surface area contributed by atoms with Crippen molar-refractivity contribution in [2.45, 2.75) is 32.2 Å². The van der Waals surface area contributed by atoms with Crippen molar-refractivity contribution in [2.24, 2.45) is 0 Å². The Kier molecular flexibility index (Phi) is 6.62. The van der Waals surface area contributed by atoms with Gasteiger partial charge in [0.1, 0.15) is 29.5 Å². The average molecular weight is 549 g/mol. The number of nitrogens with one attached hydrogen (secondary N) is 1. The van der Waals surface area contributed by atoms with E-state index in [2.05, 4.69) is 35.1 Å². The van der Waals surface area contributed by atoms with Gasteiger partial charge in [-0.25, -0.2) is 28.7 Å². The first-order chi connectivity index (χ1) is 19.5. The minimum absolute atomic E-state index is 0.00205. The fourth-order valence-electron chi connectivity index (χ4n) is 5.64. The van der Waals surface area contributed by atoms with Crippen molar-refractivity contribution in [2.75, 3.05) is 51.3 Å². The van der Waals surface area contributed by atoms with Crippen LogP contribution in [0.15, 0.2) is 36.7 Å². The maximum Gasteiger partial charge on any atom is 0.229 e. The third-order valence-corrected chi connectivity index (χ3v) is 7.88. The predicted octanol–water partition coefficient (Wildman–Crippen LogP) is 3.52. The molecular formula is C28H30F2N8O2. The van der Waals surface area contributed by atoms with Gasteiger partial charge in [0, 0.05) is 44.5 Å². The van der Waals surface area contributed by atoms with Crippen molar-refractivity contribution in [3.8, 4) is 11.3 Å². The SMILES string of the molecule is CC1COCc2nc3c(F)cc(-c4nc(Nc5ccc(CN6CCN(C7COC7)CC6)cn5)ncc4F)cc3n21. The van der Waals surface area contributed by atoms with Gasteiger partial charge in [0.05, 0.1) is 43.6 Å². The Morgan fingerprint density at radius 2 is 1.80 bits per heavy atom. The van der Waals surface area contributed by atoms with Gasteiger partial charge in [-0.05, 0) is 30.7 Å². The Labute approximate surface area is 230 Å². The monoisotopic (exact) mass is 548 g/mol. The number of rotatable bonds is 6. The van der Waals surface area contributed by atoms with Gasteiger partial charge in [0.25, 0.3) is 0 Å². The van der Waals surface area contributed by atoms with Gasteiger partial charge in [0.15, 0.2) is 11.6 Å². The summed E-state index contributed by atoms with van der Waals surface area (Å²) in [4.78, 5) is 22.3. The maximum atomic E-state index is 15.1. The number of benzene rings is 1. The molecule has 1 unspecified atom stereocenters. The molecule has 10 nitrogen and oxygen atoms in total. The van der Waals surface area contributed by atoms with Crippen molar-refractivity contribution in [3.05, 3.63) is 59.7 Å². The Bertz CT molecular complexity index is 1530. The number of nitrogens with zero attached hydrogens (tertiary/aromatic N) is 7. The number of halogens is 2. The van der Waals surface area contributed by atoms with Crippen LogP contribution in [-0.4, -0.2) is 86.3 Å². The Hall–Kier alpha value is -3.58. The van der Waals surface area contributed by atoms with Gasteiger partial charge < -0.3 is 19.4 Å². The highest BCUT2D eigenvalue weighted by molar-refractivity contribution is 5.83. The predicted molar refractivity (Wildman–Crippen MR) is 144 cm³/mol. The molecular weight excluding hydrogens is 518 g/mol. The lowest BCUT2D eigenvalue weighted by atomic mass is 10.1. The lowest BCUT2D eigenvalue weighted by molar-refractivity contribution is -0.0774. The number of hydrogen-bond acceptors (Lipinski definition) is 9. The normalized spacial score (nSPS) is 20.4. The molecule has 0 aliphatic carbocycles. The summed E-state index contributed by atoms with van der Waals surface area (Å²) < 4.78 is 42.8. The molecule has 0 amide bonds. The van der Waals surface area contributed by atoms with Crippen LogP contribution in [0.1, 0.15) is 24.4 Å². The second kappa shape index (κ2) is 10.4. The van der Waals surface area contributed by atoms with Crippen LogP contribution in [-0.2, 0) is 22.6 Å². The summed E-state index contributed by atoms with van der Waals surface area (Å²) >= 11 is 0. The molecule has 208 valence electrons. The van der Waals surface area contributed by atoms with E-state index in [1.165, 1.54) is 6.07 Å². The van der Waals surface area contributed by atoms with Crippen LogP contribution in [0.3, 0.4) is 0 Å². The van der Waals surface area contributed by atoms with Gasteiger partial charge in [-0.15, -0.1) is 0 Å². The lowest BCUT2D eigenvalue weighted by Gasteiger charge is -2.42. The van der Waals surface area contributed by atoms with Crippen molar-refractivity contribution in [1.82, 2.24) is 34.3 Å². The highest BCUT2D eigenvalue weighted by Crippen LogP contribution is 2.32. The molecule has 40 heavy (non-hydrogen) atoms. The summed E-state index contributed by atoms with van der Waals surface area (Å²) in [5, 5.41) is 3.05. The minimum Gasteiger partial charge on any atom is -0.378 e. The number of anilines is 2. The molecule has 0 radical (unpaired) electrons. The van der Waals surface area contributed by atoms with Gasteiger partial charge in [-0.3, -0.25) is 9.80 Å². The van der Waals surface area contributed by atoms with Crippen LogP contribution < -0.4 is 5.32 Å². The molecule has 0 saturated carbocycles. The van der Waals surface area contributed by atoms with Crippen LogP contribution in [0.25, 0.3) is 22.3 Å². The van der Waals surface area contributed by atoms with Crippen LogP contribution in [0.4, 0.5) is 20.5 Å². The summed E-state index contributed by atoms with van der Waals surface area (Å²) in [6.07, 6.45) is 2.91. The zero-order chi connectivity index (χ0) is 27.2. The molecule has 3 aliphatic rings. The van der Waals surface area contributed by atoms with Crippen LogP contribution in [0, 0.1) is 11.6 Å². The smallest absolute Gasteiger partial charge is 0.229 e. The molecule has 1 N–H and O–H groups in total. The topological polar surface area (TPSA) is 93.5 Å². The first kappa shape index (κ1) is 25.4. The minimum atomic E-state index is -0.646. The van der Waals surface area contributed by atoms with E-state index in [4.69, 9.17) is 9.47 Å². The standard InChI is InChI=1S/C28H30F2N8O2/c1-17-13-39-16-25-34-27-21(29)8-19(9-23(27)38(17)25)26-22(30)11-32-28(35-26)33-24-3-2-18(10-31-24)12-36-4-6-37(7-5-36)20-14-40-15-20/h2-3,8-11,17,20H,4-7,12-16H2,1H3,(H,31,32,33,35). The number of imidazole rings is 1. The summed E-state index contributed by atoms with van der Waals surface area (Å²) in [7, 11) is 0. The number of hydrogen-bond donors (Lipinski definition) is 1. The van der Waals surface area contributed by atoms with E-state index in [-0.39, 0.29) is 23.2 Å². The molecule has 0 spiro atoms. The van der Waals surface area contributed by atoms with Crippen molar-refractivity contribution >= 4 is 22.8 Å². The molecule has 3 aliphatic heterocycles. The first-order valence-electron chi connectivity index (χ1n) is 13.6. The third-order valence-electron chi connectivity index (χ3n) is 7.88. The summed E-state index contributed by atoms with van der Waals surface area (Å²) in [5.41, 5.74) is 2.24. The molecule has 7 rings (SSSR count). The van der Waals surface area contributed by atoms with Crippen LogP contribution in [0.5, 0.6) is 0 Å². The largest absolute Gasteiger partial charge is 0.378 e. The molecule has 6 heterocycles. The third kappa shape index (κ3) is 4.81. The van der Waals surface area contributed by atoms with Gasteiger partial charge in [-0.2, -0.15) is 0 Å². The van der Waals surface area contributed by atoms with Crippen molar-refractivity contribution < 1.29 is 18.3 Å². The van der Waals surface area contributed by atoms with E-state index in [1.54, 1.807) is 6.07 Å². The van der Waals surface area contributed by atoms with E-state index in [1.807, 2.05) is 29.8 Å². The first-order valence-corrected chi connectivity index (χ1v) is 13.6. The van der Waals surface area contributed by atoms with E-state index < -0.39 is 11.6 Å². The molecule has 1 aromatic carbocycles. The van der Waals surface area contributed by atoms with Crippen molar-refractivity contribution in [1.29, 1.82) is 0 Å². The molecule has 2 saturated heterocycles. The second-order valence-corrected chi connectivity index (χ2v) is 10.7. The summed E-state index contributed by atoms with van der Waals surface area (Å²) in [5.74, 6) is 0.176. The highest BCUT2D eigenvalue weighted by Gasteiger charge is 2.29. The summed E-state index contributed by atoms with van der Waals surface area (Å²) in [6, 6.07) is 7.42. The zero-order valence-electron chi connectivity index (χ0n) is 22.2. The zero-order valence-corrected chi connectivity index (χ0v) is 22.2. The van der Waals surface area contributed by atoms with Gasteiger partial charge >= 0.3 is 0 Å². The Balaban J connectivity index is 1.06. The van der Waals surface area contributed by atoms with E-state index in [9.17, 15) is 4.39 Å². The van der Waals surface area contributed by atoms with Gasteiger partial charge in [0.2, 0.25) is 5.95 Å². The average Bonchev–Trinajstić information content (AvgIpc) is 3.31. The van der Waals surface area contributed by atoms with Crippen molar-refractivity contribution in [3.63, 3.8) is 0 Å². The van der Waals surface area contributed by atoms with E-state index in [0.29, 0.717) is 42.0 Å². The van der Waals surface area contributed by atoms with Crippen LogP contribution >= 0.6 is 0 Å². The number of ether oxygens (including phenoxy) is 2. The molecule has 4 aromatic rings. The Morgan fingerprint density at radius 1 is 0.950 bits per heavy atom. The molecule has 0 bridgehead atoms. The number of piperazine rings is 1. The van der Waals surface area contributed by atoms with E-state index >= 15 is 4.39 Å².